The summed E-state index contributed by atoms with van der Waals surface area (Å²) < 4.78 is 6.40. The van der Waals surface area contributed by atoms with E-state index < -0.39 is 16.7 Å². The maximum atomic E-state index is 12.5. The number of carbonyl (C=O) groups excluding carboxylic acids is 3. The summed E-state index contributed by atoms with van der Waals surface area (Å²) in [7, 11) is 0. The lowest BCUT2D eigenvalue weighted by atomic mass is 10.1. The maximum absolute atomic E-state index is 12.5. The van der Waals surface area contributed by atoms with Gasteiger partial charge in [-0.25, -0.2) is 0 Å². The average Bonchev–Trinajstić information content (AvgIpc) is 2.95. The molecule has 0 N–H and O–H groups in total. The number of nitrogens with zero attached hydrogens (tertiary/aromatic N) is 2. The Hall–Kier alpha value is -3.07. The number of ether oxygens (including phenoxy) is 1. The first kappa shape index (κ1) is 22.6. The van der Waals surface area contributed by atoms with Crippen molar-refractivity contribution in [1.82, 2.24) is 4.90 Å². The molecule has 0 aliphatic carbocycles. The van der Waals surface area contributed by atoms with Crippen LogP contribution >= 0.6 is 15.9 Å². The molecule has 0 bridgehead atoms. The topological polar surface area (TPSA) is 107 Å². The number of aryl methyl sites for hydroxylation is 2. The Morgan fingerprint density at radius 3 is 2.42 bits per heavy atom. The van der Waals surface area contributed by atoms with Crippen molar-refractivity contribution < 1.29 is 24.0 Å². The van der Waals surface area contributed by atoms with E-state index in [0.29, 0.717) is 25.0 Å². The van der Waals surface area contributed by atoms with Gasteiger partial charge in [0.05, 0.1) is 10.5 Å². The van der Waals surface area contributed by atoms with Crippen LogP contribution in [0.3, 0.4) is 0 Å². The number of unbranched alkanes of at least 4 members (excludes halogenated alkanes) is 2. The van der Waals surface area contributed by atoms with E-state index in [1.807, 2.05) is 26.0 Å². The summed E-state index contributed by atoms with van der Waals surface area (Å²) in [5, 5.41) is 11.1. The molecule has 2 aromatic rings. The summed E-state index contributed by atoms with van der Waals surface area (Å²) in [5.41, 5.74) is 1.27. The van der Waals surface area contributed by atoms with E-state index in [2.05, 4.69) is 15.9 Å². The third-order valence-electron chi connectivity index (χ3n) is 5.08. The van der Waals surface area contributed by atoms with E-state index in [0.717, 1.165) is 20.5 Å². The maximum Gasteiger partial charge on any atom is 0.311 e. The Labute approximate surface area is 187 Å². The van der Waals surface area contributed by atoms with Crippen molar-refractivity contribution in [3.8, 4) is 5.75 Å². The van der Waals surface area contributed by atoms with Crippen LogP contribution in [0.1, 0.15) is 57.5 Å². The van der Waals surface area contributed by atoms with E-state index >= 15 is 0 Å². The Balaban J connectivity index is 1.49. The molecule has 0 radical (unpaired) electrons. The number of imide groups is 1. The van der Waals surface area contributed by atoms with Crippen molar-refractivity contribution in [3.63, 3.8) is 0 Å². The van der Waals surface area contributed by atoms with Gasteiger partial charge in [0.15, 0.2) is 0 Å². The lowest BCUT2D eigenvalue weighted by Crippen LogP contribution is -2.30. The molecule has 0 saturated heterocycles. The number of nitro benzene ring substituents is 1. The highest BCUT2D eigenvalue weighted by molar-refractivity contribution is 9.10. The molecule has 31 heavy (non-hydrogen) atoms. The number of rotatable bonds is 8. The Morgan fingerprint density at radius 2 is 1.77 bits per heavy atom. The van der Waals surface area contributed by atoms with Gasteiger partial charge in [-0.15, -0.1) is 0 Å². The van der Waals surface area contributed by atoms with E-state index in [1.165, 1.54) is 18.2 Å². The van der Waals surface area contributed by atoms with Gasteiger partial charge < -0.3 is 4.74 Å². The number of halogens is 1. The molecule has 0 spiro atoms. The van der Waals surface area contributed by atoms with Crippen LogP contribution in [0.5, 0.6) is 5.75 Å². The van der Waals surface area contributed by atoms with Crippen LogP contribution < -0.4 is 4.74 Å². The van der Waals surface area contributed by atoms with E-state index in [9.17, 15) is 24.5 Å². The minimum Gasteiger partial charge on any atom is -0.426 e. The molecule has 2 amide bonds. The molecule has 9 heteroatoms. The second-order valence-electron chi connectivity index (χ2n) is 7.37. The van der Waals surface area contributed by atoms with Crippen molar-refractivity contribution in [2.45, 2.75) is 39.5 Å². The van der Waals surface area contributed by atoms with Crippen LogP contribution in [0.25, 0.3) is 0 Å². The summed E-state index contributed by atoms with van der Waals surface area (Å²) in [4.78, 5) is 48.7. The number of nitro groups is 1. The molecule has 8 nitrogen and oxygen atoms in total. The summed E-state index contributed by atoms with van der Waals surface area (Å²) in [6, 6.07) is 7.79. The van der Waals surface area contributed by atoms with Crippen molar-refractivity contribution in [2.24, 2.45) is 0 Å². The highest BCUT2D eigenvalue weighted by Gasteiger charge is 2.40. The first-order chi connectivity index (χ1) is 14.7. The predicted octanol–water partition coefficient (Wildman–Crippen LogP) is 4.74. The molecule has 1 heterocycles. The first-order valence-electron chi connectivity index (χ1n) is 9.81. The van der Waals surface area contributed by atoms with E-state index in [-0.39, 0.29) is 35.7 Å². The molecular formula is C22H21BrN2O6. The van der Waals surface area contributed by atoms with Gasteiger partial charge in [0.2, 0.25) is 0 Å². The summed E-state index contributed by atoms with van der Waals surface area (Å²) in [5.74, 6) is -0.956. The smallest absolute Gasteiger partial charge is 0.311 e. The largest absolute Gasteiger partial charge is 0.426 e. The van der Waals surface area contributed by atoms with Gasteiger partial charge in [-0.1, -0.05) is 28.4 Å². The minimum atomic E-state index is -0.659. The van der Waals surface area contributed by atoms with Crippen LogP contribution in [0.4, 0.5) is 5.69 Å². The number of carbonyl (C=O) groups is 3. The molecule has 3 rings (SSSR count). The zero-order chi connectivity index (χ0) is 22.7. The number of fused-ring (bicyclic) bond motifs is 1. The lowest BCUT2D eigenvalue weighted by molar-refractivity contribution is -0.385. The summed E-state index contributed by atoms with van der Waals surface area (Å²) >= 11 is 3.40. The van der Waals surface area contributed by atoms with Crippen molar-refractivity contribution in [3.05, 3.63) is 67.2 Å². The minimum absolute atomic E-state index is 0.0583. The molecule has 2 aromatic carbocycles. The zero-order valence-corrected chi connectivity index (χ0v) is 18.7. The SMILES string of the molecule is Cc1cc(Br)cc(C)c1OC(=O)CCCCCN1C(=O)c2cccc([N+](=O)[O-])c2C1=O. The third-order valence-corrected chi connectivity index (χ3v) is 5.54. The van der Waals surface area contributed by atoms with Gasteiger partial charge >= 0.3 is 5.97 Å². The number of esters is 1. The highest BCUT2D eigenvalue weighted by atomic mass is 79.9. The molecule has 162 valence electrons. The number of amides is 2. The zero-order valence-electron chi connectivity index (χ0n) is 17.1. The molecule has 1 aliphatic heterocycles. The molecular weight excluding hydrogens is 468 g/mol. The van der Waals surface area contributed by atoms with E-state index in [4.69, 9.17) is 4.74 Å². The van der Waals surface area contributed by atoms with Crippen LogP contribution in [0.15, 0.2) is 34.8 Å². The van der Waals surface area contributed by atoms with Gasteiger partial charge in [-0.05, 0) is 56.0 Å². The molecule has 1 aliphatic rings. The monoisotopic (exact) mass is 488 g/mol. The average molecular weight is 489 g/mol. The van der Waals surface area contributed by atoms with Gasteiger partial charge in [0.1, 0.15) is 11.3 Å². The van der Waals surface area contributed by atoms with Crippen LogP contribution in [0, 0.1) is 24.0 Å². The van der Waals surface area contributed by atoms with Crippen LogP contribution in [-0.2, 0) is 4.79 Å². The molecule has 0 saturated carbocycles. The number of benzene rings is 2. The fraction of sp³-hybridized carbons (Fsp3) is 0.318. The Kier molecular flexibility index (Phi) is 6.84. The highest BCUT2D eigenvalue weighted by Crippen LogP contribution is 2.31. The Bertz CT molecular complexity index is 1060. The van der Waals surface area contributed by atoms with E-state index in [1.54, 1.807) is 0 Å². The molecule has 0 unspecified atom stereocenters. The second kappa shape index (κ2) is 9.38. The normalized spacial score (nSPS) is 12.8. The third kappa shape index (κ3) is 4.82. The molecule has 0 fully saturated rings. The van der Waals surface area contributed by atoms with Crippen LogP contribution in [0.2, 0.25) is 0 Å². The van der Waals surface area contributed by atoms with Crippen LogP contribution in [-0.4, -0.2) is 34.2 Å². The number of hydrogen-bond acceptors (Lipinski definition) is 6. The number of hydrogen-bond donors (Lipinski definition) is 0. The molecule has 0 aromatic heterocycles. The quantitative estimate of drug-likeness (QED) is 0.133. The van der Waals surface area contributed by atoms with Crippen molar-refractivity contribution in [1.29, 1.82) is 0 Å². The van der Waals surface area contributed by atoms with Crippen molar-refractivity contribution >= 4 is 39.4 Å². The first-order valence-corrected chi connectivity index (χ1v) is 10.6. The fourth-order valence-electron chi connectivity index (χ4n) is 3.61. The van der Waals surface area contributed by atoms with Gasteiger partial charge in [-0.2, -0.15) is 0 Å². The van der Waals surface area contributed by atoms with Gasteiger partial charge in [0.25, 0.3) is 17.5 Å². The Morgan fingerprint density at radius 1 is 1.10 bits per heavy atom. The van der Waals surface area contributed by atoms with Crippen molar-refractivity contribution in [2.75, 3.05) is 6.54 Å². The predicted molar refractivity (Wildman–Crippen MR) is 116 cm³/mol. The summed E-state index contributed by atoms with van der Waals surface area (Å²) in [6.07, 6.45) is 1.84. The van der Waals surface area contributed by atoms with Gasteiger partial charge in [0, 0.05) is 23.5 Å². The van der Waals surface area contributed by atoms with Gasteiger partial charge in [-0.3, -0.25) is 29.4 Å². The lowest BCUT2D eigenvalue weighted by Gasteiger charge is -2.13. The standard InChI is InChI=1S/C22H21BrN2O6/c1-13-11-15(23)12-14(2)20(13)31-18(26)9-4-3-5-10-24-21(27)16-7-6-8-17(25(29)30)19(16)22(24)28/h6-8,11-12H,3-5,9-10H2,1-2H3. The molecule has 0 atom stereocenters. The summed E-state index contributed by atoms with van der Waals surface area (Å²) in [6.45, 7) is 3.88. The fourth-order valence-corrected chi connectivity index (χ4v) is 4.30. The second-order valence-corrected chi connectivity index (χ2v) is 8.29.